The molecule has 2 aliphatic rings. The van der Waals surface area contributed by atoms with Crippen molar-refractivity contribution in [1.29, 1.82) is 0 Å². The lowest BCUT2D eigenvalue weighted by Gasteiger charge is -2.43. The molecule has 0 saturated carbocycles. The number of hydrogen-bond donors (Lipinski definition) is 5. The molecule has 2 saturated heterocycles. The summed E-state index contributed by atoms with van der Waals surface area (Å²) in [5.41, 5.74) is -1.46. The van der Waals surface area contributed by atoms with Crippen LogP contribution >= 0.6 is 0 Å². The van der Waals surface area contributed by atoms with Crippen LogP contribution in [-0.2, 0) is 0 Å². The van der Waals surface area contributed by atoms with Gasteiger partial charge in [-0.15, -0.1) is 0 Å². The van der Waals surface area contributed by atoms with E-state index in [-0.39, 0.29) is 13.1 Å². The molecule has 0 aromatic rings. The number of fused-ring (bicyclic) bond motifs is 1. The number of piperidine rings is 1. The van der Waals surface area contributed by atoms with Gasteiger partial charge in [0.2, 0.25) is 0 Å². The molecule has 6 unspecified atom stereocenters. The minimum atomic E-state index is -1.46. The zero-order valence-corrected chi connectivity index (χ0v) is 8.48. The second-order valence-electron chi connectivity index (χ2n) is 4.69. The Bertz CT molecular complexity index is 257. The Kier molecular flexibility index (Phi) is 2.53. The molecular formula is C9H17NO5. The first-order valence-corrected chi connectivity index (χ1v) is 5.04. The number of hydrogen-bond acceptors (Lipinski definition) is 6. The molecule has 0 amide bonds. The number of rotatable bonds is 0. The van der Waals surface area contributed by atoms with Gasteiger partial charge in [-0.1, -0.05) is 0 Å². The molecule has 2 rings (SSSR count). The fourth-order valence-corrected chi connectivity index (χ4v) is 2.60. The Balaban J connectivity index is 2.27. The Morgan fingerprint density at radius 1 is 1.07 bits per heavy atom. The van der Waals surface area contributed by atoms with Crippen LogP contribution in [0.5, 0.6) is 0 Å². The van der Waals surface area contributed by atoms with Crippen LogP contribution in [0.4, 0.5) is 0 Å². The topological polar surface area (TPSA) is 104 Å². The van der Waals surface area contributed by atoms with Crippen LogP contribution in [0.25, 0.3) is 0 Å². The molecular weight excluding hydrogens is 202 g/mol. The van der Waals surface area contributed by atoms with Crippen molar-refractivity contribution in [3.05, 3.63) is 0 Å². The van der Waals surface area contributed by atoms with Gasteiger partial charge in [-0.2, -0.15) is 0 Å². The van der Waals surface area contributed by atoms with Crippen molar-refractivity contribution in [2.75, 3.05) is 13.1 Å². The minimum Gasteiger partial charge on any atom is -0.389 e. The third-order valence-electron chi connectivity index (χ3n) is 3.56. The molecule has 6 nitrogen and oxygen atoms in total. The van der Waals surface area contributed by atoms with Crippen molar-refractivity contribution in [1.82, 2.24) is 4.90 Å². The first kappa shape index (κ1) is 11.3. The van der Waals surface area contributed by atoms with E-state index in [0.717, 1.165) is 0 Å². The zero-order chi connectivity index (χ0) is 11.4. The second kappa shape index (κ2) is 3.38. The summed E-state index contributed by atoms with van der Waals surface area (Å²) < 4.78 is 0. The second-order valence-corrected chi connectivity index (χ2v) is 4.69. The van der Waals surface area contributed by atoms with Crippen molar-refractivity contribution in [2.45, 2.75) is 43.0 Å². The van der Waals surface area contributed by atoms with E-state index in [1.165, 1.54) is 6.92 Å². The molecule has 5 N–H and O–H groups in total. The van der Waals surface area contributed by atoms with Crippen LogP contribution in [0.2, 0.25) is 0 Å². The van der Waals surface area contributed by atoms with E-state index in [1.54, 1.807) is 4.90 Å². The predicted molar refractivity (Wildman–Crippen MR) is 50.0 cm³/mol. The lowest BCUT2D eigenvalue weighted by atomic mass is 9.85. The normalized spacial score (nSPS) is 56.8. The maximum atomic E-state index is 9.99. The largest absolute Gasteiger partial charge is 0.389 e. The third-order valence-corrected chi connectivity index (χ3v) is 3.56. The van der Waals surface area contributed by atoms with Gasteiger partial charge < -0.3 is 25.5 Å². The van der Waals surface area contributed by atoms with Crippen molar-refractivity contribution >= 4 is 0 Å². The van der Waals surface area contributed by atoms with Crippen molar-refractivity contribution in [2.24, 2.45) is 0 Å². The maximum Gasteiger partial charge on any atom is 0.109 e. The highest BCUT2D eigenvalue weighted by Gasteiger charge is 2.57. The number of aliphatic hydroxyl groups excluding tert-OH is 4. The number of nitrogens with zero attached hydrogens (tertiary/aromatic N) is 1. The molecule has 0 bridgehead atoms. The molecule has 0 aromatic heterocycles. The van der Waals surface area contributed by atoms with Gasteiger partial charge in [-0.25, -0.2) is 0 Å². The van der Waals surface area contributed by atoms with Crippen molar-refractivity contribution < 1.29 is 25.5 Å². The Morgan fingerprint density at radius 2 is 1.67 bits per heavy atom. The fraction of sp³-hybridized carbons (Fsp3) is 1.00. The summed E-state index contributed by atoms with van der Waals surface area (Å²) in [4.78, 5) is 1.60. The van der Waals surface area contributed by atoms with E-state index in [9.17, 15) is 25.5 Å². The van der Waals surface area contributed by atoms with E-state index < -0.39 is 36.1 Å². The molecule has 6 atom stereocenters. The average molecular weight is 219 g/mol. The lowest BCUT2D eigenvalue weighted by molar-refractivity contribution is -0.163. The molecule has 15 heavy (non-hydrogen) atoms. The van der Waals surface area contributed by atoms with Crippen LogP contribution in [0.1, 0.15) is 6.92 Å². The molecule has 0 aromatic carbocycles. The summed E-state index contributed by atoms with van der Waals surface area (Å²) >= 11 is 0. The average Bonchev–Trinajstić information content (AvgIpc) is 2.34. The van der Waals surface area contributed by atoms with Crippen LogP contribution in [-0.4, -0.2) is 79.6 Å². The smallest absolute Gasteiger partial charge is 0.109 e. The molecule has 0 aliphatic carbocycles. The monoisotopic (exact) mass is 219 g/mol. The van der Waals surface area contributed by atoms with Gasteiger partial charge in [0.25, 0.3) is 0 Å². The van der Waals surface area contributed by atoms with Crippen molar-refractivity contribution in [3.63, 3.8) is 0 Å². The van der Waals surface area contributed by atoms with Gasteiger partial charge in [0.05, 0.1) is 18.2 Å². The zero-order valence-electron chi connectivity index (χ0n) is 8.48. The summed E-state index contributed by atoms with van der Waals surface area (Å²) in [7, 11) is 0. The molecule has 6 heteroatoms. The molecule has 0 radical (unpaired) electrons. The summed E-state index contributed by atoms with van der Waals surface area (Å²) in [5, 5.41) is 48.3. The molecule has 2 fully saturated rings. The van der Waals surface area contributed by atoms with Gasteiger partial charge in [0.1, 0.15) is 17.8 Å². The van der Waals surface area contributed by atoms with Crippen molar-refractivity contribution in [3.8, 4) is 0 Å². The highest BCUT2D eigenvalue weighted by atomic mass is 16.4. The van der Waals surface area contributed by atoms with Gasteiger partial charge in [0, 0.05) is 13.1 Å². The standard InChI is InChI=1S/C9H17NO5/c1-9(15)5(12)3-10-2-4(11)6(13)7(14)8(9)10/h4-8,11-15H,2-3H2,1H3. The van der Waals surface area contributed by atoms with E-state index in [4.69, 9.17) is 0 Å². The Labute approximate surface area is 87.4 Å². The van der Waals surface area contributed by atoms with E-state index >= 15 is 0 Å². The minimum absolute atomic E-state index is 0.149. The molecule has 0 spiro atoms. The molecule has 2 heterocycles. The van der Waals surface area contributed by atoms with Crippen LogP contribution in [0.15, 0.2) is 0 Å². The molecule has 88 valence electrons. The third kappa shape index (κ3) is 1.49. The summed E-state index contributed by atoms with van der Waals surface area (Å²) in [5.74, 6) is 0. The quantitative estimate of drug-likeness (QED) is 0.295. The Hall–Kier alpha value is -0.240. The summed E-state index contributed by atoms with van der Waals surface area (Å²) in [6, 6.07) is -0.731. The first-order valence-electron chi connectivity index (χ1n) is 5.04. The van der Waals surface area contributed by atoms with Crippen LogP contribution in [0, 0.1) is 0 Å². The fourth-order valence-electron chi connectivity index (χ4n) is 2.60. The van der Waals surface area contributed by atoms with E-state index in [0.29, 0.717) is 0 Å². The summed E-state index contributed by atoms with van der Waals surface area (Å²) in [6.45, 7) is 1.77. The van der Waals surface area contributed by atoms with Gasteiger partial charge >= 0.3 is 0 Å². The van der Waals surface area contributed by atoms with E-state index in [1.807, 2.05) is 0 Å². The lowest BCUT2D eigenvalue weighted by Crippen LogP contribution is -2.64. The van der Waals surface area contributed by atoms with Crippen LogP contribution in [0.3, 0.4) is 0 Å². The van der Waals surface area contributed by atoms with E-state index in [2.05, 4.69) is 0 Å². The first-order chi connectivity index (χ1) is 6.85. The number of aliphatic hydroxyl groups is 5. The van der Waals surface area contributed by atoms with Gasteiger partial charge in [0.15, 0.2) is 0 Å². The highest BCUT2D eigenvalue weighted by molar-refractivity contribution is 5.11. The maximum absolute atomic E-state index is 9.99. The molecule has 2 aliphatic heterocycles. The highest BCUT2D eigenvalue weighted by Crippen LogP contribution is 2.35. The van der Waals surface area contributed by atoms with Gasteiger partial charge in [-0.3, -0.25) is 4.90 Å². The SMILES string of the molecule is CC1(O)C(O)CN2CC(O)C(O)C(O)C21. The summed E-state index contributed by atoms with van der Waals surface area (Å²) in [6.07, 6.45) is -4.55. The predicted octanol–water partition coefficient (Wildman–Crippen LogP) is -3.12. The Morgan fingerprint density at radius 3 is 2.27 bits per heavy atom. The van der Waals surface area contributed by atoms with Gasteiger partial charge in [-0.05, 0) is 6.92 Å². The van der Waals surface area contributed by atoms with Crippen LogP contribution < -0.4 is 0 Å².